The Morgan fingerprint density at radius 3 is 2.85 bits per heavy atom. The number of aryl methyl sites for hydroxylation is 1. The first-order chi connectivity index (χ1) is 9.74. The molecule has 1 aliphatic rings. The quantitative estimate of drug-likeness (QED) is 0.709. The van der Waals surface area contributed by atoms with E-state index < -0.39 is 0 Å². The number of hydrogen-bond donors (Lipinski definition) is 0. The van der Waals surface area contributed by atoms with Gasteiger partial charge in [-0.3, -0.25) is 0 Å². The summed E-state index contributed by atoms with van der Waals surface area (Å²) in [4.78, 5) is 0. The Kier molecular flexibility index (Phi) is 4.18. The lowest BCUT2D eigenvalue weighted by atomic mass is 9.99. The van der Waals surface area contributed by atoms with E-state index in [-0.39, 0.29) is 5.38 Å². The highest BCUT2D eigenvalue weighted by Gasteiger charge is 2.15. The van der Waals surface area contributed by atoms with Crippen LogP contribution in [-0.2, 0) is 12.8 Å². The molecule has 0 spiro atoms. The summed E-state index contributed by atoms with van der Waals surface area (Å²) in [5, 5.41) is 0.710. The van der Waals surface area contributed by atoms with Gasteiger partial charge in [0.25, 0.3) is 0 Å². The van der Waals surface area contributed by atoms with Crippen molar-refractivity contribution in [3.05, 3.63) is 64.2 Å². The van der Waals surface area contributed by atoms with Gasteiger partial charge in [0.1, 0.15) is 5.75 Å². The normalized spacial score (nSPS) is 15.3. The van der Waals surface area contributed by atoms with Crippen molar-refractivity contribution in [3.63, 3.8) is 0 Å². The van der Waals surface area contributed by atoms with Crippen molar-refractivity contribution < 1.29 is 4.74 Å². The molecule has 3 rings (SSSR count). The number of fused-ring (bicyclic) bond motifs is 1. The van der Waals surface area contributed by atoms with Crippen LogP contribution in [0.15, 0.2) is 42.5 Å². The van der Waals surface area contributed by atoms with Crippen molar-refractivity contribution >= 4 is 23.2 Å². The second kappa shape index (κ2) is 6.07. The minimum atomic E-state index is -0.0675. The first-order valence-electron chi connectivity index (χ1n) is 6.87. The lowest BCUT2D eigenvalue weighted by molar-refractivity contribution is 0.288. The van der Waals surface area contributed by atoms with Crippen molar-refractivity contribution in [1.29, 1.82) is 0 Å². The molecule has 104 valence electrons. The van der Waals surface area contributed by atoms with Gasteiger partial charge in [0.15, 0.2) is 0 Å². The largest absolute Gasteiger partial charge is 0.493 e. The van der Waals surface area contributed by atoms with E-state index in [1.807, 2.05) is 30.3 Å². The monoisotopic (exact) mass is 306 g/mol. The fraction of sp³-hybridized carbons (Fsp3) is 0.294. The maximum Gasteiger partial charge on any atom is 0.122 e. The predicted molar refractivity (Wildman–Crippen MR) is 84.0 cm³/mol. The summed E-state index contributed by atoms with van der Waals surface area (Å²) in [7, 11) is 0. The van der Waals surface area contributed by atoms with E-state index in [1.165, 1.54) is 5.56 Å². The summed E-state index contributed by atoms with van der Waals surface area (Å²) in [6.07, 6.45) is 2.88. The zero-order valence-corrected chi connectivity index (χ0v) is 12.6. The molecule has 0 fully saturated rings. The molecule has 1 aliphatic heterocycles. The second-order valence-corrected chi connectivity index (χ2v) is 6.02. The van der Waals surface area contributed by atoms with Gasteiger partial charge in [-0.2, -0.15) is 0 Å². The van der Waals surface area contributed by atoms with Crippen LogP contribution >= 0.6 is 23.2 Å². The van der Waals surface area contributed by atoms with Crippen molar-refractivity contribution in [2.75, 3.05) is 6.61 Å². The third kappa shape index (κ3) is 2.94. The second-order valence-electron chi connectivity index (χ2n) is 5.08. The van der Waals surface area contributed by atoms with Gasteiger partial charge in [0, 0.05) is 5.02 Å². The maximum absolute atomic E-state index is 6.56. The number of ether oxygens (including phenoxy) is 1. The van der Waals surface area contributed by atoms with E-state index in [0.717, 1.165) is 47.8 Å². The molecule has 2 aromatic carbocycles. The number of rotatable bonds is 3. The molecule has 2 aromatic rings. The molecule has 0 radical (unpaired) electrons. The summed E-state index contributed by atoms with van der Waals surface area (Å²) in [6, 6.07) is 14.1. The van der Waals surface area contributed by atoms with E-state index in [9.17, 15) is 0 Å². The zero-order valence-electron chi connectivity index (χ0n) is 11.1. The lowest BCUT2D eigenvalue weighted by Gasteiger charge is -2.19. The van der Waals surface area contributed by atoms with Crippen LogP contribution in [0.2, 0.25) is 5.02 Å². The van der Waals surface area contributed by atoms with Gasteiger partial charge < -0.3 is 4.74 Å². The molecule has 0 bridgehead atoms. The third-order valence-electron chi connectivity index (χ3n) is 3.65. The van der Waals surface area contributed by atoms with Crippen LogP contribution in [0, 0.1) is 0 Å². The number of alkyl halides is 1. The Labute approximate surface area is 129 Å². The molecule has 0 saturated heterocycles. The number of benzene rings is 2. The molecule has 20 heavy (non-hydrogen) atoms. The lowest BCUT2D eigenvalue weighted by Crippen LogP contribution is -2.09. The van der Waals surface area contributed by atoms with Crippen molar-refractivity contribution in [2.24, 2.45) is 0 Å². The Bertz CT molecular complexity index is 610. The minimum Gasteiger partial charge on any atom is -0.493 e. The van der Waals surface area contributed by atoms with Crippen LogP contribution in [-0.4, -0.2) is 6.61 Å². The standard InChI is InChI=1S/C17H16Cl2O/c18-15-6-2-1-4-12(15)11-16(19)13-7-8-17-14(10-13)5-3-9-20-17/h1-2,4,6-8,10,16H,3,5,9,11H2. The predicted octanol–water partition coefficient (Wildman–Crippen LogP) is 5.19. The summed E-state index contributed by atoms with van der Waals surface area (Å²) >= 11 is 12.7. The Morgan fingerprint density at radius 1 is 1.15 bits per heavy atom. The van der Waals surface area contributed by atoms with E-state index in [0.29, 0.717) is 0 Å². The summed E-state index contributed by atoms with van der Waals surface area (Å²) in [6.45, 7) is 0.816. The molecule has 0 amide bonds. The zero-order chi connectivity index (χ0) is 13.9. The highest BCUT2D eigenvalue weighted by Crippen LogP contribution is 2.32. The molecule has 0 aromatic heterocycles. The highest BCUT2D eigenvalue weighted by atomic mass is 35.5. The van der Waals surface area contributed by atoms with E-state index in [2.05, 4.69) is 12.1 Å². The molecule has 0 saturated carbocycles. The topological polar surface area (TPSA) is 9.23 Å². The average molecular weight is 307 g/mol. The summed E-state index contributed by atoms with van der Waals surface area (Å²) < 4.78 is 5.63. The molecule has 1 atom stereocenters. The van der Waals surface area contributed by atoms with Crippen LogP contribution in [0.4, 0.5) is 0 Å². The number of hydrogen-bond acceptors (Lipinski definition) is 1. The van der Waals surface area contributed by atoms with Gasteiger partial charge in [-0.1, -0.05) is 41.9 Å². The van der Waals surface area contributed by atoms with Gasteiger partial charge in [-0.25, -0.2) is 0 Å². The van der Waals surface area contributed by atoms with Crippen LogP contribution in [0.1, 0.15) is 28.5 Å². The molecular weight excluding hydrogens is 291 g/mol. The molecule has 1 nitrogen and oxygen atoms in total. The van der Waals surface area contributed by atoms with Crippen molar-refractivity contribution in [2.45, 2.75) is 24.6 Å². The summed E-state index contributed by atoms with van der Waals surface area (Å²) in [5.74, 6) is 1.00. The smallest absolute Gasteiger partial charge is 0.122 e. The van der Waals surface area contributed by atoms with Crippen LogP contribution in [0.25, 0.3) is 0 Å². The number of halogens is 2. The molecule has 1 heterocycles. The van der Waals surface area contributed by atoms with E-state index in [1.54, 1.807) is 0 Å². The SMILES string of the molecule is Clc1ccccc1CC(Cl)c1ccc2c(c1)CCCO2. The maximum atomic E-state index is 6.56. The van der Waals surface area contributed by atoms with Crippen LogP contribution in [0.3, 0.4) is 0 Å². The van der Waals surface area contributed by atoms with Crippen molar-refractivity contribution in [1.82, 2.24) is 0 Å². The van der Waals surface area contributed by atoms with Gasteiger partial charge in [0.05, 0.1) is 12.0 Å². The Hall–Kier alpha value is -1.18. The fourth-order valence-corrected chi connectivity index (χ4v) is 3.06. The average Bonchev–Trinajstić information content (AvgIpc) is 2.49. The third-order valence-corrected chi connectivity index (χ3v) is 4.43. The molecule has 1 unspecified atom stereocenters. The fourth-order valence-electron chi connectivity index (χ4n) is 2.55. The van der Waals surface area contributed by atoms with Gasteiger partial charge in [-0.05, 0) is 48.1 Å². The molecule has 3 heteroatoms. The Balaban J connectivity index is 1.80. The first-order valence-corrected chi connectivity index (χ1v) is 7.68. The summed E-state index contributed by atoms with van der Waals surface area (Å²) in [5.41, 5.74) is 3.48. The van der Waals surface area contributed by atoms with Gasteiger partial charge in [-0.15, -0.1) is 11.6 Å². The van der Waals surface area contributed by atoms with Crippen molar-refractivity contribution in [3.8, 4) is 5.75 Å². The highest BCUT2D eigenvalue weighted by molar-refractivity contribution is 6.31. The van der Waals surface area contributed by atoms with Crippen LogP contribution in [0.5, 0.6) is 5.75 Å². The van der Waals surface area contributed by atoms with Crippen LogP contribution < -0.4 is 4.74 Å². The first kappa shape index (κ1) is 13.8. The van der Waals surface area contributed by atoms with Gasteiger partial charge in [0.2, 0.25) is 0 Å². The Morgan fingerprint density at radius 2 is 2.00 bits per heavy atom. The van der Waals surface area contributed by atoms with Gasteiger partial charge >= 0.3 is 0 Å². The molecule has 0 N–H and O–H groups in total. The molecule has 0 aliphatic carbocycles. The minimum absolute atomic E-state index is 0.0675. The van der Waals surface area contributed by atoms with E-state index in [4.69, 9.17) is 27.9 Å². The molecular formula is C17H16Cl2O. The van der Waals surface area contributed by atoms with E-state index >= 15 is 0 Å².